The number of thiazole rings is 1. The number of hydrogen-bond donors (Lipinski definition) is 1. The van der Waals surface area contributed by atoms with Crippen LogP contribution in [0.5, 0.6) is 0 Å². The van der Waals surface area contributed by atoms with Gasteiger partial charge in [-0.25, -0.2) is 4.98 Å². The predicted octanol–water partition coefficient (Wildman–Crippen LogP) is 2.48. The van der Waals surface area contributed by atoms with E-state index in [9.17, 15) is 0 Å². The van der Waals surface area contributed by atoms with Crippen molar-refractivity contribution >= 4 is 16.5 Å². The lowest BCUT2D eigenvalue weighted by atomic mass is 10.2. The maximum Gasteiger partial charge on any atom is 0.180 e. The molecule has 0 unspecified atom stereocenters. The summed E-state index contributed by atoms with van der Waals surface area (Å²) in [7, 11) is 0. The molecule has 0 amide bonds. The third-order valence-corrected chi connectivity index (χ3v) is 3.78. The Labute approximate surface area is 121 Å². The molecule has 1 aromatic carbocycles. The average molecular weight is 285 g/mol. The van der Waals surface area contributed by atoms with Crippen LogP contribution >= 0.6 is 11.3 Å². The SMILES string of the molecule is Nc1nc(CCCc2nncn2-c2ccccc2)cs1. The predicted molar refractivity (Wildman–Crippen MR) is 79.9 cm³/mol. The first-order valence-electron chi connectivity index (χ1n) is 6.47. The zero-order valence-corrected chi connectivity index (χ0v) is 11.8. The highest BCUT2D eigenvalue weighted by atomic mass is 32.1. The minimum atomic E-state index is 0.632. The van der Waals surface area contributed by atoms with Gasteiger partial charge in [-0.15, -0.1) is 21.5 Å². The lowest BCUT2D eigenvalue weighted by molar-refractivity contribution is 0.743. The highest BCUT2D eigenvalue weighted by Crippen LogP contribution is 2.15. The lowest BCUT2D eigenvalue weighted by Gasteiger charge is -2.05. The van der Waals surface area contributed by atoms with Gasteiger partial charge in [0.1, 0.15) is 12.2 Å². The lowest BCUT2D eigenvalue weighted by Crippen LogP contribution is -2.01. The fourth-order valence-corrected chi connectivity index (χ4v) is 2.70. The molecule has 0 bridgehead atoms. The van der Waals surface area contributed by atoms with E-state index in [4.69, 9.17) is 5.73 Å². The molecule has 0 saturated carbocycles. The average Bonchev–Trinajstić information content (AvgIpc) is 3.09. The molecule has 3 rings (SSSR count). The molecule has 0 spiro atoms. The van der Waals surface area contributed by atoms with Crippen LogP contribution in [-0.2, 0) is 12.8 Å². The van der Waals surface area contributed by atoms with Crippen molar-refractivity contribution in [3.63, 3.8) is 0 Å². The molecule has 102 valence electrons. The normalized spacial score (nSPS) is 10.8. The molecule has 2 aromatic heterocycles. The van der Waals surface area contributed by atoms with Crippen molar-refractivity contribution in [1.29, 1.82) is 0 Å². The Bertz CT molecular complexity index is 674. The number of hydrogen-bond acceptors (Lipinski definition) is 5. The van der Waals surface area contributed by atoms with Gasteiger partial charge in [0.25, 0.3) is 0 Å². The second-order valence-corrected chi connectivity index (χ2v) is 5.37. The molecular formula is C14H15N5S. The van der Waals surface area contributed by atoms with Crippen molar-refractivity contribution in [3.8, 4) is 5.69 Å². The van der Waals surface area contributed by atoms with E-state index < -0.39 is 0 Å². The first-order valence-corrected chi connectivity index (χ1v) is 7.35. The van der Waals surface area contributed by atoms with Gasteiger partial charge in [0.15, 0.2) is 5.13 Å². The minimum absolute atomic E-state index is 0.632. The van der Waals surface area contributed by atoms with Gasteiger partial charge < -0.3 is 5.73 Å². The summed E-state index contributed by atoms with van der Waals surface area (Å²) in [6, 6.07) is 10.1. The quantitative estimate of drug-likeness (QED) is 0.782. The van der Waals surface area contributed by atoms with Crippen LogP contribution in [0.15, 0.2) is 42.0 Å². The largest absolute Gasteiger partial charge is 0.375 e. The van der Waals surface area contributed by atoms with Crippen LogP contribution in [0.2, 0.25) is 0 Å². The fourth-order valence-electron chi connectivity index (χ4n) is 2.10. The molecule has 3 aromatic rings. The number of nitrogen functional groups attached to an aromatic ring is 1. The smallest absolute Gasteiger partial charge is 0.180 e. The standard InChI is InChI=1S/C14H15N5S/c15-14-17-11(9-20-14)5-4-8-13-18-16-10-19(13)12-6-2-1-3-7-12/h1-3,6-7,9-10H,4-5,8H2,(H2,15,17). The molecular weight excluding hydrogens is 270 g/mol. The molecule has 0 aliphatic carbocycles. The number of nitrogens with zero attached hydrogens (tertiary/aromatic N) is 4. The molecule has 5 nitrogen and oxygen atoms in total. The summed E-state index contributed by atoms with van der Waals surface area (Å²) in [5.74, 6) is 0.972. The van der Waals surface area contributed by atoms with E-state index in [0.717, 1.165) is 36.5 Å². The Morgan fingerprint density at radius 1 is 1.15 bits per heavy atom. The van der Waals surface area contributed by atoms with Crippen molar-refractivity contribution < 1.29 is 0 Å². The van der Waals surface area contributed by atoms with Crippen LogP contribution < -0.4 is 5.73 Å². The fraction of sp³-hybridized carbons (Fsp3) is 0.214. The van der Waals surface area contributed by atoms with Crippen LogP contribution in [0.25, 0.3) is 5.69 Å². The number of para-hydroxylation sites is 1. The van der Waals surface area contributed by atoms with Crippen molar-refractivity contribution in [2.75, 3.05) is 5.73 Å². The number of benzene rings is 1. The molecule has 2 heterocycles. The van der Waals surface area contributed by atoms with Gasteiger partial charge in [0, 0.05) is 17.5 Å². The highest BCUT2D eigenvalue weighted by Gasteiger charge is 2.06. The van der Waals surface area contributed by atoms with Crippen LogP contribution in [0.4, 0.5) is 5.13 Å². The van der Waals surface area contributed by atoms with Crippen molar-refractivity contribution in [2.24, 2.45) is 0 Å². The molecule has 0 aliphatic rings. The number of aromatic nitrogens is 4. The zero-order chi connectivity index (χ0) is 13.8. The van der Waals surface area contributed by atoms with Gasteiger partial charge in [-0.3, -0.25) is 4.57 Å². The maximum atomic E-state index is 5.63. The topological polar surface area (TPSA) is 69.6 Å². The number of nitrogens with two attached hydrogens (primary N) is 1. The van der Waals surface area contributed by atoms with Gasteiger partial charge in [-0.05, 0) is 25.0 Å². The molecule has 6 heteroatoms. The zero-order valence-electron chi connectivity index (χ0n) is 10.9. The van der Waals surface area contributed by atoms with Gasteiger partial charge in [0.2, 0.25) is 0 Å². The summed E-state index contributed by atoms with van der Waals surface area (Å²) in [6.45, 7) is 0. The summed E-state index contributed by atoms with van der Waals surface area (Å²) >= 11 is 1.49. The molecule has 0 saturated heterocycles. The van der Waals surface area contributed by atoms with Crippen LogP contribution in [-0.4, -0.2) is 19.7 Å². The number of rotatable bonds is 5. The van der Waals surface area contributed by atoms with E-state index in [1.165, 1.54) is 11.3 Å². The number of aryl methyl sites for hydroxylation is 2. The van der Waals surface area contributed by atoms with E-state index in [2.05, 4.69) is 15.2 Å². The monoisotopic (exact) mass is 285 g/mol. The van der Waals surface area contributed by atoms with Gasteiger partial charge in [0.05, 0.1) is 5.69 Å². The second-order valence-electron chi connectivity index (χ2n) is 4.48. The minimum Gasteiger partial charge on any atom is -0.375 e. The van der Waals surface area contributed by atoms with Crippen molar-refractivity contribution in [2.45, 2.75) is 19.3 Å². The van der Waals surface area contributed by atoms with Crippen LogP contribution in [0.3, 0.4) is 0 Å². The summed E-state index contributed by atoms with van der Waals surface area (Å²) in [5, 5.41) is 10.9. The molecule has 0 radical (unpaired) electrons. The van der Waals surface area contributed by atoms with E-state index in [1.54, 1.807) is 6.33 Å². The Balaban J connectivity index is 1.65. The highest BCUT2D eigenvalue weighted by molar-refractivity contribution is 7.13. The van der Waals surface area contributed by atoms with Crippen LogP contribution in [0, 0.1) is 0 Å². The molecule has 20 heavy (non-hydrogen) atoms. The Morgan fingerprint density at radius 2 is 2.00 bits per heavy atom. The maximum absolute atomic E-state index is 5.63. The van der Waals surface area contributed by atoms with E-state index in [0.29, 0.717) is 5.13 Å². The Hall–Kier alpha value is -2.21. The van der Waals surface area contributed by atoms with Crippen molar-refractivity contribution in [1.82, 2.24) is 19.7 Å². The van der Waals surface area contributed by atoms with E-state index in [-0.39, 0.29) is 0 Å². The Kier molecular flexibility index (Phi) is 3.73. The molecule has 2 N–H and O–H groups in total. The van der Waals surface area contributed by atoms with Crippen molar-refractivity contribution in [3.05, 3.63) is 53.6 Å². The summed E-state index contributed by atoms with van der Waals surface area (Å²) in [5.41, 5.74) is 7.77. The summed E-state index contributed by atoms with van der Waals surface area (Å²) in [6.07, 6.45) is 4.52. The molecule has 0 atom stereocenters. The van der Waals surface area contributed by atoms with Gasteiger partial charge in [-0.1, -0.05) is 18.2 Å². The first kappa shape index (κ1) is 12.8. The van der Waals surface area contributed by atoms with E-state index in [1.807, 2.05) is 40.3 Å². The molecule has 0 aliphatic heterocycles. The molecule has 0 fully saturated rings. The summed E-state index contributed by atoms with van der Waals surface area (Å²) < 4.78 is 2.02. The Morgan fingerprint density at radius 3 is 2.75 bits per heavy atom. The second kappa shape index (κ2) is 5.83. The van der Waals surface area contributed by atoms with Crippen LogP contribution in [0.1, 0.15) is 17.9 Å². The van der Waals surface area contributed by atoms with Gasteiger partial charge in [-0.2, -0.15) is 0 Å². The summed E-state index contributed by atoms with van der Waals surface area (Å²) in [4.78, 5) is 4.26. The number of anilines is 1. The first-order chi connectivity index (χ1) is 9.83. The van der Waals surface area contributed by atoms with E-state index >= 15 is 0 Å². The third kappa shape index (κ3) is 2.85. The third-order valence-electron chi connectivity index (χ3n) is 3.06. The van der Waals surface area contributed by atoms with Gasteiger partial charge >= 0.3 is 0 Å².